The monoisotopic (exact) mass is 507 g/mol. The maximum atomic E-state index is 13.2. The van der Waals surface area contributed by atoms with Gasteiger partial charge in [0.2, 0.25) is 5.91 Å². The van der Waals surface area contributed by atoms with Crippen LogP contribution in [0.25, 0.3) is 0 Å². The number of benzene rings is 2. The fourth-order valence-electron chi connectivity index (χ4n) is 4.97. The highest BCUT2D eigenvalue weighted by Crippen LogP contribution is 2.41. The van der Waals surface area contributed by atoms with Crippen molar-refractivity contribution in [1.82, 2.24) is 15.2 Å². The van der Waals surface area contributed by atoms with Crippen molar-refractivity contribution < 1.29 is 18.7 Å². The highest BCUT2D eigenvalue weighted by atomic mass is 16.5. The molecule has 38 heavy (non-hydrogen) atoms. The minimum absolute atomic E-state index is 0.130. The van der Waals surface area contributed by atoms with Crippen molar-refractivity contribution in [1.29, 1.82) is 0 Å². The summed E-state index contributed by atoms with van der Waals surface area (Å²) in [5, 5.41) is 2.81. The van der Waals surface area contributed by atoms with E-state index >= 15 is 0 Å². The summed E-state index contributed by atoms with van der Waals surface area (Å²) in [5.74, 6) is 1.58. The lowest BCUT2D eigenvalue weighted by Gasteiger charge is -2.38. The smallest absolute Gasteiger partial charge is 0.287 e. The molecule has 7 nitrogen and oxygen atoms in total. The van der Waals surface area contributed by atoms with Crippen LogP contribution in [0.15, 0.2) is 89.5 Å². The van der Waals surface area contributed by atoms with Crippen LogP contribution in [0.3, 0.4) is 0 Å². The Kier molecular flexibility index (Phi) is 6.65. The van der Waals surface area contributed by atoms with Crippen molar-refractivity contribution in [3.8, 4) is 5.75 Å². The number of hydrogen-bond donors (Lipinski definition) is 1. The van der Waals surface area contributed by atoms with Crippen molar-refractivity contribution in [2.75, 3.05) is 6.54 Å². The summed E-state index contributed by atoms with van der Waals surface area (Å²) in [6.45, 7) is 1.23. The fraction of sp³-hybridized carbons (Fsp3) is 0.258. The Morgan fingerprint density at radius 1 is 1.00 bits per heavy atom. The normalized spacial score (nSPS) is 16.5. The number of pyridine rings is 1. The zero-order chi connectivity index (χ0) is 25.9. The summed E-state index contributed by atoms with van der Waals surface area (Å²) in [6.07, 6.45) is 4.49. The van der Waals surface area contributed by atoms with Crippen molar-refractivity contribution >= 4 is 11.8 Å². The number of nitrogens with one attached hydrogen (secondary N) is 1. The minimum Gasteiger partial charge on any atom is -0.486 e. The number of hydrogen-bond acceptors (Lipinski definition) is 5. The lowest BCUT2D eigenvalue weighted by Crippen LogP contribution is -2.41. The van der Waals surface area contributed by atoms with E-state index in [2.05, 4.69) is 28.5 Å². The topological polar surface area (TPSA) is 84.7 Å². The van der Waals surface area contributed by atoms with Crippen LogP contribution in [0, 0.1) is 5.92 Å². The fourth-order valence-corrected chi connectivity index (χ4v) is 4.97. The van der Waals surface area contributed by atoms with Crippen LogP contribution in [0.4, 0.5) is 0 Å². The molecule has 3 heterocycles. The summed E-state index contributed by atoms with van der Waals surface area (Å²) >= 11 is 0. The Bertz CT molecular complexity index is 1430. The first-order chi connectivity index (χ1) is 18.7. The van der Waals surface area contributed by atoms with Gasteiger partial charge in [-0.2, -0.15) is 0 Å². The molecule has 6 rings (SSSR count). The van der Waals surface area contributed by atoms with Gasteiger partial charge in [-0.25, -0.2) is 0 Å². The van der Waals surface area contributed by atoms with E-state index in [9.17, 15) is 9.59 Å². The quantitative estimate of drug-likeness (QED) is 0.360. The van der Waals surface area contributed by atoms with Crippen LogP contribution in [0.1, 0.15) is 57.6 Å². The molecule has 1 atom stereocenters. The van der Waals surface area contributed by atoms with Gasteiger partial charge >= 0.3 is 0 Å². The Morgan fingerprint density at radius 2 is 1.84 bits per heavy atom. The van der Waals surface area contributed by atoms with E-state index in [4.69, 9.17) is 9.15 Å². The molecule has 7 heteroatoms. The van der Waals surface area contributed by atoms with E-state index in [-0.39, 0.29) is 36.1 Å². The molecule has 2 aromatic carbocycles. The summed E-state index contributed by atoms with van der Waals surface area (Å²) in [4.78, 5) is 31.9. The van der Waals surface area contributed by atoms with E-state index in [1.165, 1.54) is 5.56 Å². The zero-order valence-corrected chi connectivity index (χ0v) is 21.0. The van der Waals surface area contributed by atoms with Crippen LogP contribution < -0.4 is 10.1 Å². The Morgan fingerprint density at radius 3 is 2.63 bits per heavy atom. The number of aromatic nitrogens is 1. The highest BCUT2D eigenvalue weighted by Gasteiger charge is 2.39. The van der Waals surface area contributed by atoms with Gasteiger partial charge in [0.1, 0.15) is 18.1 Å². The molecular weight excluding hydrogens is 478 g/mol. The first-order valence-corrected chi connectivity index (χ1v) is 13.0. The number of ether oxygens (including phenoxy) is 1. The molecule has 0 radical (unpaired) electrons. The summed E-state index contributed by atoms with van der Waals surface area (Å²) in [5.41, 5.74) is 4.21. The number of rotatable bonds is 8. The average molecular weight is 508 g/mol. The molecule has 2 aliphatic rings. The van der Waals surface area contributed by atoms with Crippen molar-refractivity contribution in [2.24, 2.45) is 5.92 Å². The molecule has 1 N–H and O–H groups in total. The standard InChI is InChI=1S/C31H29N3O4/c35-30(33-19-24-8-4-5-16-32-24)28-14-13-26(38-28)20-37-25-12-11-21-15-17-34(31(36)23-9-10-23)29(27(21)18-25)22-6-2-1-3-7-22/h1-8,11-14,16,18,23,29H,9-10,15,17,19-20H2,(H,33,35). The lowest BCUT2D eigenvalue weighted by atomic mass is 9.87. The number of nitrogens with zero attached hydrogens (tertiary/aromatic N) is 2. The van der Waals surface area contributed by atoms with Crippen molar-refractivity contribution in [2.45, 2.75) is 38.5 Å². The number of fused-ring (bicyclic) bond motifs is 1. The van der Waals surface area contributed by atoms with Gasteiger partial charge in [0.15, 0.2) is 5.76 Å². The third kappa shape index (κ3) is 5.18. The van der Waals surface area contributed by atoms with Crippen molar-refractivity contribution in [3.05, 3.63) is 119 Å². The second-order valence-electron chi connectivity index (χ2n) is 9.79. The maximum Gasteiger partial charge on any atom is 0.287 e. The Hall–Kier alpha value is -4.39. The minimum atomic E-state index is -0.304. The molecule has 2 aromatic heterocycles. The van der Waals surface area contributed by atoms with Crippen LogP contribution in [-0.4, -0.2) is 28.2 Å². The number of carbonyl (C=O) groups excluding carboxylic acids is 2. The van der Waals surface area contributed by atoms with Crippen molar-refractivity contribution in [3.63, 3.8) is 0 Å². The summed E-state index contributed by atoms with van der Waals surface area (Å²) in [7, 11) is 0. The molecule has 1 fully saturated rings. The van der Waals surface area contributed by atoms with E-state index in [1.807, 2.05) is 53.4 Å². The number of carbonyl (C=O) groups is 2. The molecule has 1 unspecified atom stereocenters. The molecule has 0 bridgehead atoms. The van der Waals surface area contributed by atoms with E-state index < -0.39 is 0 Å². The Labute approximate surface area is 221 Å². The summed E-state index contributed by atoms with van der Waals surface area (Å²) < 4.78 is 11.8. The maximum absolute atomic E-state index is 13.2. The second-order valence-corrected chi connectivity index (χ2v) is 9.79. The molecule has 1 aliphatic carbocycles. The average Bonchev–Trinajstić information content (AvgIpc) is 3.71. The zero-order valence-electron chi connectivity index (χ0n) is 21.0. The van der Waals surface area contributed by atoms with Crippen LogP contribution >= 0.6 is 0 Å². The van der Waals surface area contributed by atoms with Crippen LogP contribution in [0.2, 0.25) is 0 Å². The van der Waals surface area contributed by atoms with Gasteiger partial charge in [-0.05, 0) is 72.4 Å². The van der Waals surface area contributed by atoms with Gasteiger partial charge in [0.25, 0.3) is 5.91 Å². The lowest BCUT2D eigenvalue weighted by molar-refractivity contribution is -0.134. The summed E-state index contributed by atoms with van der Waals surface area (Å²) in [6, 6.07) is 25.1. The third-order valence-corrected chi connectivity index (χ3v) is 7.09. The molecule has 4 aromatic rings. The molecule has 0 spiro atoms. The van der Waals surface area contributed by atoms with E-state index in [0.717, 1.165) is 42.6 Å². The van der Waals surface area contributed by atoms with Gasteiger partial charge in [-0.15, -0.1) is 0 Å². The molecule has 0 saturated heterocycles. The van der Waals surface area contributed by atoms with Crippen LogP contribution in [0.5, 0.6) is 5.75 Å². The molecule has 2 amide bonds. The number of furan rings is 1. The van der Waals surface area contributed by atoms with Gasteiger partial charge in [-0.1, -0.05) is 42.5 Å². The SMILES string of the molecule is O=C(NCc1ccccn1)c1ccc(COc2ccc3c(c2)C(c2ccccc2)N(C(=O)C2CC2)CC3)o1. The molecule has 192 valence electrons. The predicted molar refractivity (Wildman–Crippen MR) is 141 cm³/mol. The highest BCUT2D eigenvalue weighted by molar-refractivity contribution is 5.91. The van der Waals surface area contributed by atoms with E-state index in [1.54, 1.807) is 18.3 Å². The number of amides is 2. The van der Waals surface area contributed by atoms with Gasteiger partial charge in [-0.3, -0.25) is 14.6 Å². The van der Waals surface area contributed by atoms with Gasteiger partial charge in [0.05, 0.1) is 18.3 Å². The van der Waals surface area contributed by atoms with Crippen LogP contribution in [-0.2, 0) is 24.4 Å². The van der Waals surface area contributed by atoms with E-state index in [0.29, 0.717) is 18.1 Å². The molecule has 1 saturated carbocycles. The van der Waals surface area contributed by atoms with Gasteiger partial charge in [0, 0.05) is 18.7 Å². The molecular formula is C31H29N3O4. The second kappa shape index (κ2) is 10.5. The van der Waals surface area contributed by atoms with Gasteiger partial charge < -0.3 is 19.4 Å². The molecule has 1 aliphatic heterocycles. The first-order valence-electron chi connectivity index (χ1n) is 13.0. The Balaban J connectivity index is 1.16. The predicted octanol–water partition coefficient (Wildman–Crippen LogP) is 5.07. The largest absolute Gasteiger partial charge is 0.486 e. The first kappa shape index (κ1) is 24.0. The third-order valence-electron chi connectivity index (χ3n) is 7.09.